The van der Waals surface area contributed by atoms with Crippen LogP contribution in [0.1, 0.15) is 26.4 Å². The molecule has 3 rings (SSSR count). The van der Waals surface area contributed by atoms with E-state index in [0.29, 0.717) is 20.9 Å². The summed E-state index contributed by atoms with van der Waals surface area (Å²) in [4.78, 5) is 32.5. The molecule has 0 fully saturated rings. The Morgan fingerprint density at radius 1 is 1.11 bits per heavy atom. The van der Waals surface area contributed by atoms with E-state index < -0.39 is 11.8 Å². The van der Waals surface area contributed by atoms with Crippen molar-refractivity contribution in [2.45, 2.75) is 10.9 Å². The van der Waals surface area contributed by atoms with E-state index in [9.17, 15) is 9.59 Å². The fourth-order valence-electron chi connectivity index (χ4n) is 2.12. The van der Waals surface area contributed by atoms with Crippen molar-refractivity contribution in [3.05, 3.63) is 70.2 Å². The second-order valence-corrected chi connectivity index (χ2v) is 7.22. The molecule has 10 heteroatoms. The number of aromatic nitrogens is 4. The van der Waals surface area contributed by atoms with Crippen LogP contribution >= 0.6 is 27.7 Å². The Morgan fingerprint density at radius 2 is 1.78 bits per heavy atom. The van der Waals surface area contributed by atoms with E-state index in [2.05, 4.69) is 41.8 Å². The minimum Gasteiger partial charge on any atom is -0.274 e. The summed E-state index contributed by atoms with van der Waals surface area (Å²) in [5.74, 6) is -0.233. The highest BCUT2D eigenvalue weighted by atomic mass is 79.9. The molecule has 0 aliphatic carbocycles. The van der Waals surface area contributed by atoms with Crippen LogP contribution in [0.25, 0.3) is 0 Å². The number of hydrogen-bond acceptors (Lipinski definition) is 6. The Bertz CT molecular complexity index is 946. The van der Waals surface area contributed by atoms with Crippen molar-refractivity contribution in [1.82, 2.24) is 30.6 Å². The maximum absolute atomic E-state index is 12.2. The van der Waals surface area contributed by atoms with Crippen LogP contribution in [0, 0.1) is 0 Å². The predicted molar refractivity (Wildman–Crippen MR) is 104 cm³/mol. The normalized spacial score (nSPS) is 10.4. The summed E-state index contributed by atoms with van der Waals surface area (Å²) in [7, 11) is 1.70. The molecule has 8 nitrogen and oxygen atoms in total. The molecule has 0 aliphatic heterocycles. The predicted octanol–water partition coefficient (Wildman–Crippen LogP) is 2.34. The van der Waals surface area contributed by atoms with Crippen LogP contribution in [0.15, 0.2) is 58.6 Å². The molecule has 27 heavy (non-hydrogen) atoms. The zero-order valence-corrected chi connectivity index (χ0v) is 16.6. The van der Waals surface area contributed by atoms with Crippen LogP contribution in [0.5, 0.6) is 0 Å². The van der Waals surface area contributed by atoms with Gasteiger partial charge in [0, 0.05) is 37.0 Å². The van der Waals surface area contributed by atoms with Gasteiger partial charge in [-0.3, -0.25) is 25.1 Å². The van der Waals surface area contributed by atoms with E-state index in [4.69, 9.17) is 0 Å². The number of amides is 2. The lowest BCUT2D eigenvalue weighted by Gasteiger charge is -2.07. The third-order valence-corrected chi connectivity index (χ3v) is 4.94. The molecule has 0 atom stereocenters. The highest BCUT2D eigenvalue weighted by molar-refractivity contribution is 9.10. The van der Waals surface area contributed by atoms with E-state index >= 15 is 0 Å². The van der Waals surface area contributed by atoms with Gasteiger partial charge in [0.05, 0.1) is 4.47 Å². The standard InChI is InChI=1S/C17H15BrN6O2S/c1-24-9-13(18)14(23-24)16(26)22-21-15(25)12-5-3-11(4-6-12)10-27-17-19-7-2-8-20-17/h2-9H,10H2,1H3,(H,21,25)(H,22,26). The van der Waals surface area contributed by atoms with Crippen LogP contribution in [0.3, 0.4) is 0 Å². The zero-order valence-electron chi connectivity index (χ0n) is 14.2. The summed E-state index contributed by atoms with van der Waals surface area (Å²) in [5, 5.41) is 4.71. The molecule has 2 N–H and O–H groups in total. The third kappa shape index (κ3) is 5.14. The van der Waals surface area contributed by atoms with Gasteiger partial charge in [0.1, 0.15) is 0 Å². The minimum absolute atomic E-state index is 0.188. The smallest absolute Gasteiger partial charge is 0.274 e. The Labute approximate surface area is 167 Å². The monoisotopic (exact) mass is 446 g/mol. The fourth-order valence-corrected chi connectivity index (χ4v) is 3.43. The number of nitrogens with one attached hydrogen (secondary N) is 2. The highest BCUT2D eigenvalue weighted by Gasteiger charge is 2.15. The van der Waals surface area contributed by atoms with Crippen molar-refractivity contribution < 1.29 is 9.59 Å². The quantitative estimate of drug-likeness (QED) is 0.354. The van der Waals surface area contributed by atoms with Gasteiger partial charge in [-0.15, -0.1) is 0 Å². The average Bonchev–Trinajstić information content (AvgIpc) is 3.03. The molecule has 0 unspecified atom stereocenters. The number of carbonyl (C=O) groups is 2. The first-order chi connectivity index (χ1) is 13.0. The number of aryl methyl sites for hydroxylation is 1. The Hall–Kier alpha value is -2.72. The Kier molecular flexibility index (Phi) is 6.20. The minimum atomic E-state index is -0.508. The van der Waals surface area contributed by atoms with Gasteiger partial charge in [0.25, 0.3) is 11.8 Å². The van der Waals surface area contributed by atoms with E-state index in [0.717, 1.165) is 5.56 Å². The van der Waals surface area contributed by atoms with Crippen LogP contribution in [0.4, 0.5) is 0 Å². The summed E-state index contributed by atoms with van der Waals surface area (Å²) < 4.78 is 2.04. The van der Waals surface area contributed by atoms with Gasteiger partial charge >= 0.3 is 0 Å². The second kappa shape index (κ2) is 8.78. The second-order valence-electron chi connectivity index (χ2n) is 5.42. The first kappa shape index (κ1) is 19.1. The molecule has 2 amide bonds. The van der Waals surface area contributed by atoms with Gasteiger partial charge in [0.15, 0.2) is 10.9 Å². The molecular formula is C17H15BrN6O2S. The van der Waals surface area contributed by atoms with Crippen molar-refractivity contribution in [3.63, 3.8) is 0 Å². The lowest BCUT2D eigenvalue weighted by molar-refractivity contribution is 0.0843. The third-order valence-electron chi connectivity index (χ3n) is 3.41. The van der Waals surface area contributed by atoms with Gasteiger partial charge in [-0.2, -0.15) is 5.10 Å². The van der Waals surface area contributed by atoms with Gasteiger partial charge in [-0.05, 0) is 39.7 Å². The molecule has 0 saturated carbocycles. The zero-order chi connectivity index (χ0) is 19.2. The molecule has 0 spiro atoms. The number of thioether (sulfide) groups is 1. The van der Waals surface area contributed by atoms with Crippen molar-refractivity contribution in [2.24, 2.45) is 7.05 Å². The van der Waals surface area contributed by atoms with Crippen molar-refractivity contribution in [3.8, 4) is 0 Å². The van der Waals surface area contributed by atoms with E-state index in [1.807, 2.05) is 12.1 Å². The molecular weight excluding hydrogens is 432 g/mol. The van der Waals surface area contributed by atoms with Crippen molar-refractivity contribution >= 4 is 39.5 Å². The molecule has 1 aromatic carbocycles. The maximum atomic E-state index is 12.2. The van der Waals surface area contributed by atoms with E-state index in [1.165, 1.54) is 16.4 Å². The molecule has 0 bridgehead atoms. The SMILES string of the molecule is Cn1cc(Br)c(C(=O)NNC(=O)c2ccc(CSc3ncccn3)cc2)n1. The summed E-state index contributed by atoms with van der Waals surface area (Å²) in [6.45, 7) is 0. The van der Waals surface area contributed by atoms with Gasteiger partial charge in [-0.1, -0.05) is 23.9 Å². The lowest BCUT2D eigenvalue weighted by Crippen LogP contribution is -2.42. The summed E-state index contributed by atoms with van der Waals surface area (Å²) >= 11 is 4.75. The summed E-state index contributed by atoms with van der Waals surface area (Å²) in [6, 6.07) is 8.85. The summed E-state index contributed by atoms with van der Waals surface area (Å²) in [6.07, 6.45) is 5.04. The first-order valence-corrected chi connectivity index (χ1v) is 9.59. The van der Waals surface area contributed by atoms with Crippen LogP contribution in [0.2, 0.25) is 0 Å². The van der Waals surface area contributed by atoms with E-state index in [-0.39, 0.29) is 5.69 Å². The molecule has 0 saturated heterocycles. The van der Waals surface area contributed by atoms with Crippen LogP contribution in [-0.4, -0.2) is 31.6 Å². The van der Waals surface area contributed by atoms with Crippen molar-refractivity contribution in [1.29, 1.82) is 0 Å². The van der Waals surface area contributed by atoms with Crippen molar-refractivity contribution in [2.75, 3.05) is 0 Å². The number of nitrogens with zero attached hydrogens (tertiary/aromatic N) is 4. The molecule has 2 aromatic heterocycles. The number of carbonyl (C=O) groups excluding carboxylic acids is 2. The van der Waals surface area contributed by atoms with Crippen LogP contribution in [-0.2, 0) is 12.8 Å². The highest BCUT2D eigenvalue weighted by Crippen LogP contribution is 2.18. The molecule has 0 radical (unpaired) electrons. The van der Waals surface area contributed by atoms with Gasteiger partial charge in [-0.25, -0.2) is 9.97 Å². The van der Waals surface area contributed by atoms with Crippen LogP contribution < -0.4 is 10.9 Å². The maximum Gasteiger partial charge on any atom is 0.291 e. The summed E-state index contributed by atoms with van der Waals surface area (Å²) in [5.41, 5.74) is 6.38. The van der Waals surface area contributed by atoms with E-state index in [1.54, 1.807) is 43.8 Å². The number of benzene rings is 1. The topological polar surface area (TPSA) is 102 Å². The Balaban J connectivity index is 1.53. The number of hydrogen-bond donors (Lipinski definition) is 2. The Morgan fingerprint density at radius 3 is 2.41 bits per heavy atom. The molecule has 2 heterocycles. The molecule has 138 valence electrons. The van der Waals surface area contributed by atoms with Gasteiger partial charge in [0.2, 0.25) is 0 Å². The fraction of sp³-hybridized carbons (Fsp3) is 0.118. The number of hydrazine groups is 1. The average molecular weight is 447 g/mol. The van der Waals surface area contributed by atoms with Gasteiger partial charge < -0.3 is 0 Å². The number of halogens is 1. The lowest BCUT2D eigenvalue weighted by atomic mass is 10.1. The first-order valence-electron chi connectivity index (χ1n) is 7.81. The molecule has 3 aromatic rings. The molecule has 0 aliphatic rings. The largest absolute Gasteiger partial charge is 0.291 e. The number of rotatable bonds is 5.